The van der Waals surface area contributed by atoms with Crippen LogP contribution in [0, 0.1) is 5.92 Å². The van der Waals surface area contributed by atoms with E-state index in [9.17, 15) is 19.5 Å². The van der Waals surface area contributed by atoms with Gasteiger partial charge in [0.1, 0.15) is 13.2 Å². The summed E-state index contributed by atoms with van der Waals surface area (Å²) >= 11 is 0. The number of hydrogen-bond acceptors (Lipinski definition) is 8. The topological polar surface area (TPSA) is 108 Å². The molecule has 0 rings (SSSR count). The van der Waals surface area contributed by atoms with E-state index in [2.05, 4.69) is 27.7 Å². The van der Waals surface area contributed by atoms with Crippen molar-refractivity contribution in [3.8, 4) is 0 Å². The van der Waals surface area contributed by atoms with E-state index >= 15 is 0 Å². The average molecular weight is 923 g/mol. The summed E-state index contributed by atoms with van der Waals surface area (Å²) < 4.78 is 22.6. The fourth-order valence-electron chi connectivity index (χ4n) is 9.13. The highest BCUT2D eigenvalue weighted by Crippen LogP contribution is 2.23. The number of carbonyl (C=O) groups is 3. The fraction of sp³-hybridized carbons (Fsp3) is 0.947. The minimum absolute atomic E-state index is 0.0946. The minimum Gasteiger partial charge on any atom is -0.462 e. The molecule has 0 radical (unpaired) electrons. The molecule has 0 aromatic carbocycles. The molecule has 65 heavy (non-hydrogen) atoms. The van der Waals surface area contributed by atoms with Gasteiger partial charge in [0.25, 0.3) is 0 Å². The Balaban J connectivity index is 4.51. The molecular weight excluding hydrogens is 813 g/mol. The summed E-state index contributed by atoms with van der Waals surface area (Å²) in [5, 5.41) is 10.8. The Labute approximate surface area is 403 Å². The van der Waals surface area contributed by atoms with Crippen molar-refractivity contribution >= 4 is 17.9 Å². The van der Waals surface area contributed by atoms with Crippen molar-refractivity contribution in [1.82, 2.24) is 0 Å². The Kier molecular flexibility index (Phi) is 48.9. The van der Waals surface area contributed by atoms with Gasteiger partial charge in [-0.1, -0.05) is 252 Å². The summed E-state index contributed by atoms with van der Waals surface area (Å²) in [6.45, 7) is 8.76. The van der Waals surface area contributed by atoms with Crippen molar-refractivity contribution in [1.29, 1.82) is 0 Å². The Bertz CT molecular complexity index is 1020. The quantitative estimate of drug-likeness (QED) is 0.0365. The molecule has 0 aliphatic rings. The molecule has 4 atom stereocenters. The third-order valence-corrected chi connectivity index (χ3v) is 13.5. The van der Waals surface area contributed by atoms with Crippen LogP contribution in [0.3, 0.4) is 0 Å². The molecule has 0 heterocycles. The lowest BCUT2D eigenvalue weighted by Crippen LogP contribution is -2.34. The van der Waals surface area contributed by atoms with Crippen molar-refractivity contribution in [3.63, 3.8) is 0 Å². The van der Waals surface area contributed by atoms with E-state index in [0.717, 1.165) is 83.5 Å². The van der Waals surface area contributed by atoms with Gasteiger partial charge in [0.15, 0.2) is 6.10 Å². The highest BCUT2D eigenvalue weighted by Gasteiger charge is 2.24. The van der Waals surface area contributed by atoms with Crippen molar-refractivity contribution < 1.29 is 38.4 Å². The summed E-state index contributed by atoms with van der Waals surface area (Å²) in [5.41, 5.74) is 0. The third-order valence-electron chi connectivity index (χ3n) is 13.5. The molecule has 4 unspecified atom stereocenters. The van der Waals surface area contributed by atoms with Gasteiger partial charge >= 0.3 is 17.9 Å². The normalized spacial score (nSPS) is 13.4. The van der Waals surface area contributed by atoms with Gasteiger partial charge in [0.05, 0.1) is 12.2 Å². The van der Waals surface area contributed by atoms with Crippen LogP contribution in [0.4, 0.5) is 0 Å². The highest BCUT2D eigenvalue weighted by molar-refractivity contribution is 5.71. The first-order valence-electron chi connectivity index (χ1n) is 28.5. The van der Waals surface area contributed by atoms with E-state index < -0.39 is 12.2 Å². The monoisotopic (exact) mass is 923 g/mol. The van der Waals surface area contributed by atoms with Crippen LogP contribution in [0.1, 0.15) is 304 Å². The number of unbranched alkanes of at least 4 members (excludes halogenated alkanes) is 34. The van der Waals surface area contributed by atoms with Crippen LogP contribution in [0.25, 0.3) is 0 Å². The molecule has 0 aliphatic carbocycles. The lowest BCUT2D eigenvalue weighted by molar-refractivity contribution is -0.167. The highest BCUT2D eigenvalue weighted by atomic mass is 16.6. The Hall–Kier alpha value is -1.67. The summed E-state index contributed by atoms with van der Waals surface area (Å²) in [6, 6.07) is 0. The predicted octanol–water partition coefficient (Wildman–Crippen LogP) is 16.8. The zero-order chi connectivity index (χ0) is 47.7. The van der Waals surface area contributed by atoms with E-state index in [0.29, 0.717) is 25.2 Å². The lowest BCUT2D eigenvalue weighted by Gasteiger charge is -2.27. The van der Waals surface area contributed by atoms with Crippen molar-refractivity contribution in [3.05, 3.63) is 0 Å². The van der Waals surface area contributed by atoms with Crippen LogP contribution in [0.5, 0.6) is 0 Å². The lowest BCUT2D eigenvalue weighted by atomic mass is 9.91. The molecule has 8 heteroatoms. The van der Waals surface area contributed by atoms with Crippen LogP contribution >= 0.6 is 0 Å². The smallest absolute Gasteiger partial charge is 0.306 e. The molecule has 0 amide bonds. The van der Waals surface area contributed by atoms with Gasteiger partial charge in [-0.15, -0.1) is 0 Å². The molecule has 8 nitrogen and oxygen atoms in total. The van der Waals surface area contributed by atoms with Crippen LogP contribution in [0.15, 0.2) is 0 Å². The van der Waals surface area contributed by atoms with Gasteiger partial charge < -0.3 is 24.1 Å². The fourth-order valence-corrected chi connectivity index (χ4v) is 9.13. The van der Waals surface area contributed by atoms with E-state index in [1.165, 1.54) is 173 Å². The molecule has 0 saturated carbocycles. The maximum atomic E-state index is 12.9. The first-order chi connectivity index (χ1) is 31.8. The molecule has 0 aliphatic heterocycles. The van der Waals surface area contributed by atoms with Gasteiger partial charge in [0, 0.05) is 26.4 Å². The van der Waals surface area contributed by atoms with E-state index in [-0.39, 0.29) is 37.2 Å². The Morgan fingerprint density at radius 3 is 0.985 bits per heavy atom. The zero-order valence-corrected chi connectivity index (χ0v) is 43.9. The van der Waals surface area contributed by atoms with Crippen molar-refractivity contribution in [2.45, 2.75) is 322 Å². The molecule has 386 valence electrons. The second-order valence-electron chi connectivity index (χ2n) is 19.9. The molecule has 0 fully saturated rings. The minimum atomic E-state index is -0.801. The summed E-state index contributed by atoms with van der Waals surface area (Å²) in [5.74, 6) is -0.605. The number of hydrogen-bond donors (Lipinski definition) is 1. The SMILES string of the molecule is CCCCCCCCCCCCCCCCCC(=O)OC(COC(=O)CCCCCCCCCCCCCCC)COC(=O)CCCCCCCC(O)C(OC)C(C)CCCCCCC. The Morgan fingerprint density at radius 1 is 0.385 bits per heavy atom. The molecule has 0 aromatic heterocycles. The zero-order valence-electron chi connectivity index (χ0n) is 43.9. The number of esters is 3. The molecule has 1 N–H and O–H groups in total. The second-order valence-corrected chi connectivity index (χ2v) is 19.9. The first-order valence-corrected chi connectivity index (χ1v) is 28.5. The molecule has 0 saturated heterocycles. The Morgan fingerprint density at radius 2 is 0.662 bits per heavy atom. The molecule has 0 bridgehead atoms. The molecular formula is C57H110O8. The van der Waals surface area contributed by atoms with Crippen molar-refractivity contribution in [2.75, 3.05) is 20.3 Å². The van der Waals surface area contributed by atoms with E-state index in [4.69, 9.17) is 18.9 Å². The number of ether oxygens (including phenoxy) is 4. The van der Waals surface area contributed by atoms with Gasteiger partial charge in [0.2, 0.25) is 0 Å². The molecule has 0 spiro atoms. The number of aliphatic hydroxyl groups is 1. The number of rotatable bonds is 52. The average Bonchev–Trinajstić information content (AvgIpc) is 3.29. The summed E-state index contributed by atoms with van der Waals surface area (Å²) in [4.78, 5) is 38.2. The number of methoxy groups -OCH3 is 1. The third kappa shape index (κ3) is 44.6. The van der Waals surface area contributed by atoms with Gasteiger partial charge in [-0.2, -0.15) is 0 Å². The van der Waals surface area contributed by atoms with Crippen LogP contribution < -0.4 is 0 Å². The largest absolute Gasteiger partial charge is 0.462 e. The van der Waals surface area contributed by atoms with Crippen molar-refractivity contribution in [2.24, 2.45) is 5.92 Å². The summed E-state index contributed by atoms with van der Waals surface area (Å²) in [6.07, 6.45) is 47.4. The van der Waals surface area contributed by atoms with Crippen LogP contribution in [-0.2, 0) is 33.3 Å². The predicted molar refractivity (Wildman–Crippen MR) is 273 cm³/mol. The summed E-state index contributed by atoms with van der Waals surface area (Å²) in [7, 11) is 1.71. The van der Waals surface area contributed by atoms with Gasteiger partial charge in [-0.3, -0.25) is 14.4 Å². The maximum Gasteiger partial charge on any atom is 0.306 e. The maximum absolute atomic E-state index is 12.9. The second kappa shape index (κ2) is 50.2. The van der Waals surface area contributed by atoms with Crippen LogP contribution in [0.2, 0.25) is 0 Å². The first kappa shape index (κ1) is 63.3. The van der Waals surface area contributed by atoms with E-state index in [1.54, 1.807) is 7.11 Å². The molecule has 0 aromatic rings. The van der Waals surface area contributed by atoms with Crippen LogP contribution in [-0.4, -0.2) is 61.6 Å². The van der Waals surface area contributed by atoms with Gasteiger partial charge in [-0.25, -0.2) is 0 Å². The number of aliphatic hydroxyl groups excluding tert-OH is 1. The standard InChI is InChI=1S/C57H110O8/c1-6-9-12-15-17-19-21-23-24-26-28-30-32-37-43-48-56(61)65-52(49-63-54(59)46-41-36-31-29-27-25-22-20-18-16-13-10-7-2)50-64-55(60)47-42-38-33-35-40-45-53(58)57(62-5)51(4)44-39-34-14-11-8-3/h51-53,57-58H,6-50H2,1-5H3. The van der Waals surface area contributed by atoms with Gasteiger partial charge in [-0.05, 0) is 38.0 Å². The number of carbonyl (C=O) groups excluding carboxylic acids is 3. The van der Waals surface area contributed by atoms with E-state index in [1.807, 2.05) is 0 Å².